The molecule has 0 aromatic heterocycles. The van der Waals surface area contributed by atoms with Gasteiger partial charge >= 0.3 is 5.97 Å². The lowest BCUT2D eigenvalue weighted by Crippen LogP contribution is -2.47. The second-order valence-corrected chi connectivity index (χ2v) is 6.24. The summed E-state index contributed by atoms with van der Waals surface area (Å²) in [4.78, 5) is 20.5. The molecule has 6 heteroatoms. The molecule has 0 aromatic carbocycles. The Hall–Kier alpha value is -1.72. The van der Waals surface area contributed by atoms with E-state index in [1.54, 1.807) is 13.8 Å². The third kappa shape index (κ3) is 4.93. The van der Waals surface area contributed by atoms with E-state index in [0.717, 1.165) is 5.71 Å². The number of esters is 1. The summed E-state index contributed by atoms with van der Waals surface area (Å²) >= 11 is 0. The molecule has 0 saturated heterocycles. The summed E-state index contributed by atoms with van der Waals surface area (Å²) in [5.41, 5.74) is 5.22. The standard InChI is InChI=1S/C16H26FN3O2/c1-10(2)14-11(3)20-16(5,15(21)22-14)8-6-7-13(17)9-19-12(4)18/h7,10,14H,6,8-9H2,1-5H3,(H2,18,19)/b13-7+/t14-,16+/m1/s1. The predicted octanol–water partition coefficient (Wildman–Crippen LogP) is 2.80. The SMILES string of the molecule is CC(N)=NC/C(F)=C\CC[C@]1(C)N=C(C)[C@@H](C(C)C)OC1=O. The van der Waals surface area contributed by atoms with Crippen molar-refractivity contribution in [3.05, 3.63) is 11.9 Å². The summed E-state index contributed by atoms with van der Waals surface area (Å²) in [5, 5.41) is 0. The molecule has 1 aliphatic heterocycles. The van der Waals surface area contributed by atoms with Gasteiger partial charge in [0.1, 0.15) is 11.9 Å². The van der Waals surface area contributed by atoms with Crippen LogP contribution in [0.5, 0.6) is 0 Å². The van der Waals surface area contributed by atoms with E-state index in [0.29, 0.717) is 18.7 Å². The molecule has 0 saturated carbocycles. The van der Waals surface area contributed by atoms with Crippen molar-refractivity contribution in [3.8, 4) is 0 Å². The van der Waals surface area contributed by atoms with E-state index in [2.05, 4.69) is 9.98 Å². The summed E-state index contributed by atoms with van der Waals surface area (Å²) in [5.74, 6) is -0.182. The van der Waals surface area contributed by atoms with E-state index < -0.39 is 5.54 Å². The van der Waals surface area contributed by atoms with Gasteiger partial charge in [-0.1, -0.05) is 19.9 Å². The van der Waals surface area contributed by atoms with Crippen molar-refractivity contribution in [3.63, 3.8) is 0 Å². The highest BCUT2D eigenvalue weighted by molar-refractivity contribution is 5.96. The zero-order valence-electron chi connectivity index (χ0n) is 14.0. The highest BCUT2D eigenvalue weighted by atomic mass is 19.1. The number of halogens is 1. The van der Waals surface area contributed by atoms with E-state index in [9.17, 15) is 9.18 Å². The monoisotopic (exact) mass is 311 g/mol. The maximum atomic E-state index is 13.5. The van der Waals surface area contributed by atoms with Crippen molar-refractivity contribution in [1.82, 2.24) is 0 Å². The molecule has 0 bridgehead atoms. The second kappa shape index (κ2) is 7.51. The van der Waals surface area contributed by atoms with Crippen LogP contribution in [-0.2, 0) is 9.53 Å². The minimum Gasteiger partial charge on any atom is -0.454 e. The number of cyclic esters (lactones) is 1. The van der Waals surface area contributed by atoms with Crippen molar-refractivity contribution < 1.29 is 13.9 Å². The van der Waals surface area contributed by atoms with Gasteiger partial charge in [-0.25, -0.2) is 9.18 Å². The molecule has 0 spiro atoms. The first-order valence-electron chi connectivity index (χ1n) is 7.54. The Morgan fingerprint density at radius 3 is 2.77 bits per heavy atom. The molecule has 0 radical (unpaired) electrons. The van der Waals surface area contributed by atoms with Gasteiger partial charge in [-0.15, -0.1) is 0 Å². The Balaban J connectivity index is 2.70. The van der Waals surface area contributed by atoms with E-state index in [4.69, 9.17) is 10.5 Å². The molecule has 0 amide bonds. The minimum absolute atomic E-state index is 0.0682. The van der Waals surface area contributed by atoms with Gasteiger partial charge in [-0.05, 0) is 39.5 Å². The fourth-order valence-electron chi connectivity index (χ4n) is 2.38. The maximum Gasteiger partial charge on any atom is 0.334 e. The van der Waals surface area contributed by atoms with Crippen molar-refractivity contribution in [1.29, 1.82) is 0 Å². The first-order chi connectivity index (χ1) is 10.2. The van der Waals surface area contributed by atoms with Crippen LogP contribution in [0, 0.1) is 5.92 Å². The molecule has 0 aromatic rings. The summed E-state index contributed by atoms with van der Waals surface area (Å²) < 4.78 is 19.0. The van der Waals surface area contributed by atoms with Crippen molar-refractivity contribution in [2.75, 3.05) is 6.54 Å². The molecule has 0 fully saturated rings. The van der Waals surface area contributed by atoms with Gasteiger partial charge in [0.25, 0.3) is 0 Å². The molecule has 1 heterocycles. The average molecular weight is 311 g/mol. The molecule has 2 atom stereocenters. The van der Waals surface area contributed by atoms with Crippen molar-refractivity contribution in [2.45, 2.75) is 59.1 Å². The van der Waals surface area contributed by atoms with Crippen LogP contribution in [-0.4, -0.2) is 35.7 Å². The third-order valence-corrected chi connectivity index (χ3v) is 3.59. The Bertz CT molecular complexity index is 508. The first kappa shape index (κ1) is 18.3. The summed E-state index contributed by atoms with van der Waals surface area (Å²) in [6, 6.07) is 0. The van der Waals surface area contributed by atoms with Crippen LogP contribution in [0.1, 0.15) is 47.5 Å². The molecule has 0 unspecified atom stereocenters. The Morgan fingerprint density at radius 2 is 2.23 bits per heavy atom. The Morgan fingerprint density at radius 1 is 1.59 bits per heavy atom. The van der Waals surface area contributed by atoms with Gasteiger partial charge in [-0.3, -0.25) is 9.98 Å². The molecule has 2 N–H and O–H groups in total. The minimum atomic E-state index is -0.945. The normalized spacial score (nSPS) is 27.0. The summed E-state index contributed by atoms with van der Waals surface area (Å²) in [7, 11) is 0. The molecule has 22 heavy (non-hydrogen) atoms. The van der Waals surface area contributed by atoms with Gasteiger partial charge in [-0.2, -0.15) is 0 Å². The number of allylic oxidation sites excluding steroid dienone is 1. The van der Waals surface area contributed by atoms with Crippen LogP contribution in [0.2, 0.25) is 0 Å². The number of carbonyl (C=O) groups is 1. The quantitative estimate of drug-likeness (QED) is 0.465. The van der Waals surface area contributed by atoms with Gasteiger partial charge in [0, 0.05) is 0 Å². The fourth-order valence-corrected chi connectivity index (χ4v) is 2.38. The first-order valence-corrected chi connectivity index (χ1v) is 7.54. The number of nitrogens with zero attached hydrogens (tertiary/aromatic N) is 2. The Kier molecular flexibility index (Phi) is 6.26. The number of rotatable bonds is 6. The van der Waals surface area contributed by atoms with Gasteiger partial charge in [0.15, 0.2) is 5.54 Å². The van der Waals surface area contributed by atoms with E-state index in [1.807, 2.05) is 20.8 Å². The van der Waals surface area contributed by atoms with E-state index in [1.165, 1.54) is 6.08 Å². The summed E-state index contributed by atoms with van der Waals surface area (Å²) in [6.45, 7) is 9.10. The van der Waals surface area contributed by atoms with Crippen LogP contribution >= 0.6 is 0 Å². The molecule has 0 aliphatic carbocycles. The van der Waals surface area contributed by atoms with Gasteiger partial charge < -0.3 is 10.5 Å². The fraction of sp³-hybridized carbons (Fsp3) is 0.688. The van der Waals surface area contributed by atoms with Crippen LogP contribution in [0.25, 0.3) is 0 Å². The number of amidine groups is 1. The number of aliphatic imine (C=N–C) groups is 2. The highest BCUT2D eigenvalue weighted by Gasteiger charge is 2.41. The number of hydrogen-bond acceptors (Lipinski definition) is 4. The zero-order valence-corrected chi connectivity index (χ0v) is 14.0. The van der Waals surface area contributed by atoms with Crippen molar-refractivity contribution >= 4 is 17.5 Å². The molecular formula is C16H26FN3O2. The lowest BCUT2D eigenvalue weighted by atomic mass is 9.92. The van der Waals surface area contributed by atoms with Gasteiger partial charge in [0.2, 0.25) is 0 Å². The van der Waals surface area contributed by atoms with Crippen LogP contribution in [0.4, 0.5) is 4.39 Å². The van der Waals surface area contributed by atoms with Gasteiger partial charge in [0.05, 0.1) is 18.1 Å². The average Bonchev–Trinajstić information content (AvgIpc) is 2.40. The number of ether oxygens (including phenoxy) is 1. The van der Waals surface area contributed by atoms with Crippen LogP contribution in [0.3, 0.4) is 0 Å². The molecule has 124 valence electrons. The second-order valence-electron chi connectivity index (χ2n) is 6.24. The lowest BCUT2D eigenvalue weighted by molar-refractivity contribution is -0.155. The molecule has 1 aliphatic rings. The van der Waals surface area contributed by atoms with E-state index >= 15 is 0 Å². The lowest BCUT2D eigenvalue weighted by Gasteiger charge is -2.34. The Labute approximate surface area is 131 Å². The van der Waals surface area contributed by atoms with Crippen LogP contribution < -0.4 is 5.73 Å². The molecule has 1 rings (SSSR count). The summed E-state index contributed by atoms with van der Waals surface area (Å²) in [6.07, 6.45) is 1.94. The highest BCUT2D eigenvalue weighted by Crippen LogP contribution is 2.28. The number of hydrogen-bond donors (Lipinski definition) is 1. The topological polar surface area (TPSA) is 77.0 Å². The number of carbonyl (C=O) groups excluding carboxylic acids is 1. The van der Waals surface area contributed by atoms with Crippen LogP contribution in [0.15, 0.2) is 21.9 Å². The predicted molar refractivity (Wildman–Crippen MR) is 86.8 cm³/mol. The zero-order chi connectivity index (χ0) is 16.9. The largest absolute Gasteiger partial charge is 0.454 e. The van der Waals surface area contributed by atoms with Crippen molar-refractivity contribution in [2.24, 2.45) is 21.6 Å². The molecule has 5 nitrogen and oxygen atoms in total. The van der Waals surface area contributed by atoms with E-state index in [-0.39, 0.29) is 30.4 Å². The maximum absolute atomic E-state index is 13.5. The smallest absolute Gasteiger partial charge is 0.334 e. The third-order valence-electron chi connectivity index (χ3n) is 3.59. The molecular weight excluding hydrogens is 285 g/mol. The number of nitrogens with two attached hydrogens (primary N) is 1.